The second-order valence-electron chi connectivity index (χ2n) is 8.30. The standard InChI is InChI=1S/C24H29N5O2/c1-2-4-23(30)28-13-10-19(11-14-28)15-18-6-8-21(9-7-18)29(22-5-3-12-26-27-22)24(31)20-16-25-17-20/h2-3,5-9,12,19-20,25H,1,4,10-11,13-17H2. The van der Waals surface area contributed by atoms with Crippen LogP contribution < -0.4 is 10.2 Å². The number of carbonyl (C=O) groups excluding carboxylic acids is 2. The number of benzene rings is 1. The predicted molar refractivity (Wildman–Crippen MR) is 120 cm³/mol. The van der Waals surface area contributed by atoms with E-state index in [2.05, 4.69) is 34.2 Å². The molecule has 2 aromatic rings. The molecule has 31 heavy (non-hydrogen) atoms. The van der Waals surface area contributed by atoms with E-state index in [1.807, 2.05) is 23.1 Å². The van der Waals surface area contributed by atoms with Crippen LogP contribution in [0.1, 0.15) is 24.8 Å². The summed E-state index contributed by atoms with van der Waals surface area (Å²) < 4.78 is 0. The van der Waals surface area contributed by atoms with Crippen LogP contribution in [-0.4, -0.2) is 53.1 Å². The van der Waals surface area contributed by atoms with Crippen molar-refractivity contribution in [3.05, 3.63) is 60.8 Å². The summed E-state index contributed by atoms with van der Waals surface area (Å²) in [6.45, 7) is 6.68. The molecule has 2 saturated heterocycles. The van der Waals surface area contributed by atoms with E-state index < -0.39 is 0 Å². The van der Waals surface area contributed by atoms with E-state index in [1.54, 1.807) is 23.2 Å². The van der Waals surface area contributed by atoms with Crippen molar-refractivity contribution < 1.29 is 9.59 Å². The zero-order chi connectivity index (χ0) is 21.6. The topological polar surface area (TPSA) is 78.4 Å². The highest BCUT2D eigenvalue weighted by Gasteiger charge is 2.32. The average molecular weight is 420 g/mol. The summed E-state index contributed by atoms with van der Waals surface area (Å²) in [5.41, 5.74) is 2.06. The Morgan fingerprint density at radius 3 is 2.48 bits per heavy atom. The number of amides is 2. The molecule has 2 aliphatic heterocycles. The lowest BCUT2D eigenvalue weighted by molar-refractivity contribution is -0.131. The molecule has 0 atom stereocenters. The van der Waals surface area contributed by atoms with Crippen LogP contribution in [0.5, 0.6) is 0 Å². The zero-order valence-electron chi connectivity index (χ0n) is 17.7. The van der Waals surface area contributed by atoms with Crippen molar-refractivity contribution in [3.63, 3.8) is 0 Å². The number of likely N-dealkylation sites (tertiary alicyclic amines) is 1. The zero-order valence-corrected chi connectivity index (χ0v) is 17.7. The van der Waals surface area contributed by atoms with Crippen molar-refractivity contribution >= 4 is 23.3 Å². The van der Waals surface area contributed by atoms with Gasteiger partial charge in [0.15, 0.2) is 5.82 Å². The van der Waals surface area contributed by atoms with E-state index in [9.17, 15) is 9.59 Å². The average Bonchev–Trinajstić information content (AvgIpc) is 2.75. The smallest absolute Gasteiger partial charge is 0.238 e. The van der Waals surface area contributed by atoms with Crippen LogP contribution in [0.25, 0.3) is 0 Å². The minimum absolute atomic E-state index is 0.0318. The van der Waals surface area contributed by atoms with Gasteiger partial charge in [0.2, 0.25) is 11.8 Å². The quantitative estimate of drug-likeness (QED) is 0.698. The summed E-state index contributed by atoms with van der Waals surface area (Å²) in [5.74, 6) is 1.30. The second kappa shape index (κ2) is 9.83. The van der Waals surface area contributed by atoms with Crippen LogP contribution in [0.4, 0.5) is 11.5 Å². The molecule has 162 valence electrons. The van der Waals surface area contributed by atoms with Crippen LogP contribution in [0.2, 0.25) is 0 Å². The Balaban J connectivity index is 1.41. The van der Waals surface area contributed by atoms with E-state index in [0.717, 1.165) is 38.0 Å². The predicted octanol–water partition coefficient (Wildman–Crippen LogP) is 2.72. The minimum Gasteiger partial charge on any atom is -0.342 e. The molecule has 7 nitrogen and oxygen atoms in total. The fourth-order valence-electron chi connectivity index (χ4n) is 4.18. The highest BCUT2D eigenvalue weighted by molar-refractivity contribution is 6.01. The summed E-state index contributed by atoms with van der Waals surface area (Å²) in [4.78, 5) is 28.7. The van der Waals surface area contributed by atoms with E-state index in [0.29, 0.717) is 31.2 Å². The number of piperidine rings is 1. The first-order valence-electron chi connectivity index (χ1n) is 11.0. The maximum atomic E-state index is 13.0. The lowest BCUT2D eigenvalue weighted by atomic mass is 9.90. The molecule has 7 heteroatoms. The first-order valence-corrected chi connectivity index (χ1v) is 11.0. The van der Waals surface area contributed by atoms with Crippen LogP contribution >= 0.6 is 0 Å². The molecule has 2 aliphatic rings. The molecule has 1 N–H and O–H groups in total. The van der Waals surface area contributed by atoms with Crippen molar-refractivity contribution in [1.82, 2.24) is 20.4 Å². The third-order valence-electron chi connectivity index (χ3n) is 6.14. The fraction of sp³-hybridized carbons (Fsp3) is 0.417. The Hall–Kier alpha value is -3.06. The first-order chi connectivity index (χ1) is 15.2. The van der Waals surface area contributed by atoms with Gasteiger partial charge in [-0.25, -0.2) is 0 Å². The van der Waals surface area contributed by atoms with Gasteiger partial charge < -0.3 is 10.2 Å². The summed E-state index contributed by atoms with van der Waals surface area (Å²) in [5, 5.41) is 11.3. The molecular formula is C24H29N5O2. The van der Waals surface area contributed by atoms with Crippen molar-refractivity contribution in [2.24, 2.45) is 11.8 Å². The molecule has 4 rings (SSSR count). The van der Waals surface area contributed by atoms with Crippen LogP contribution in [0.15, 0.2) is 55.3 Å². The number of aromatic nitrogens is 2. The summed E-state index contributed by atoms with van der Waals surface area (Å²) in [6.07, 6.45) is 6.72. The number of nitrogens with one attached hydrogen (secondary N) is 1. The second-order valence-corrected chi connectivity index (χ2v) is 8.30. The van der Waals surface area contributed by atoms with Gasteiger partial charge in [-0.3, -0.25) is 14.5 Å². The number of nitrogens with zero attached hydrogens (tertiary/aromatic N) is 4. The largest absolute Gasteiger partial charge is 0.342 e. The van der Waals surface area contributed by atoms with Gasteiger partial charge in [0.05, 0.1) is 11.6 Å². The van der Waals surface area contributed by atoms with Gasteiger partial charge in [-0.05, 0) is 55.0 Å². The number of hydrogen-bond acceptors (Lipinski definition) is 5. The van der Waals surface area contributed by atoms with Crippen LogP contribution in [0.3, 0.4) is 0 Å². The van der Waals surface area contributed by atoms with E-state index >= 15 is 0 Å². The first kappa shape index (κ1) is 21.2. The molecule has 0 spiro atoms. The number of hydrogen-bond donors (Lipinski definition) is 1. The Morgan fingerprint density at radius 2 is 1.90 bits per heavy atom. The van der Waals surface area contributed by atoms with Gasteiger partial charge >= 0.3 is 0 Å². The number of rotatable bonds is 7. The van der Waals surface area contributed by atoms with Crippen molar-refractivity contribution in [2.45, 2.75) is 25.7 Å². The molecule has 0 unspecified atom stereocenters. The SMILES string of the molecule is C=CCC(=O)N1CCC(Cc2ccc(N(C(=O)C3CNC3)c3cccnn3)cc2)CC1. The van der Waals surface area contributed by atoms with E-state index in [1.165, 1.54) is 5.56 Å². The lowest BCUT2D eigenvalue weighted by Gasteiger charge is -2.32. The Morgan fingerprint density at radius 1 is 1.16 bits per heavy atom. The maximum absolute atomic E-state index is 13.0. The minimum atomic E-state index is -0.0318. The van der Waals surface area contributed by atoms with Crippen molar-refractivity contribution in [2.75, 3.05) is 31.1 Å². The van der Waals surface area contributed by atoms with E-state index in [-0.39, 0.29) is 17.7 Å². The molecule has 2 fully saturated rings. The molecule has 3 heterocycles. The third kappa shape index (κ3) is 4.99. The highest BCUT2D eigenvalue weighted by Crippen LogP contribution is 2.28. The van der Waals surface area contributed by atoms with Crippen LogP contribution in [0, 0.1) is 11.8 Å². The fourth-order valence-corrected chi connectivity index (χ4v) is 4.18. The molecule has 0 saturated carbocycles. The molecule has 0 aliphatic carbocycles. The van der Waals surface area contributed by atoms with Gasteiger partial charge in [0, 0.05) is 38.8 Å². The normalized spacial score (nSPS) is 17.1. The number of carbonyl (C=O) groups is 2. The molecule has 2 amide bonds. The van der Waals surface area contributed by atoms with Crippen LogP contribution in [-0.2, 0) is 16.0 Å². The number of anilines is 2. The van der Waals surface area contributed by atoms with Crippen molar-refractivity contribution in [3.8, 4) is 0 Å². The monoisotopic (exact) mass is 419 g/mol. The van der Waals surface area contributed by atoms with Gasteiger partial charge in [-0.1, -0.05) is 18.2 Å². The lowest BCUT2D eigenvalue weighted by Crippen LogP contribution is -2.51. The van der Waals surface area contributed by atoms with Gasteiger partial charge in [-0.2, -0.15) is 5.10 Å². The third-order valence-corrected chi connectivity index (χ3v) is 6.14. The molecular weight excluding hydrogens is 390 g/mol. The summed E-state index contributed by atoms with van der Waals surface area (Å²) >= 11 is 0. The summed E-state index contributed by atoms with van der Waals surface area (Å²) in [6, 6.07) is 11.8. The highest BCUT2D eigenvalue weighted by atomic mass is 16.2. The van der Waals surface area contributed by atoms with Gasteiger partial charge in [-0.15, -0.1) is 11.7 Å². The molecule has 1 aromatic heterocycles. The Bertz CT molecular complexity index is 903. The maximum Gasteiger partial charge on any atom is 0.238 e. The Labute approximate surface area is 183 Å². The molecule has 0 bridgehead atoms. The Kier molecular flexibility index (Phi) is 6.72. The molecule has 0 radical (unpaired) electrons. The van der Waals surface area contributed by atoms with Gasteiger partial charge in [0.25, 0.3) is 0 Å². The van der Waals surface area contributed by atoms with Crippen molar-refractivity contribution in [1.29, 1.82) is 0 Å². The van der Waals surface area contributed by atoms with Gasteiger partial charge in [0.1, 0.15) is 0 Å². The molecule has 1 aromatic carbocycles. The van der Waals surface area contributed by atoms with E-state index in [4.69, 9.17) is 0 Å². The summed E-state index contributed by atoms with van der Waals surface area (Å²) in [7, 11) is 0.